The molecule has 4 rings (SSSR count). The predicted molar refractivity (Wildman–Crippen MR) is 169 cm³/mol. The molecule has 0 saturated heterocycles. The minimum Gasteiger partial charge on any atom is -0.488 e. The number of terminal acetylenes is 1. The standard InChI is InChI=1S/C35H50O5S/c1-8-25-41(36,39-32-15-11-9-13-30(32)37-28-21-17-26(18-22-28)34(2,3)4)40-33-16-12-10-14-31(33)38-29-23-19-27(20-24-29)35(5,6)7/h1,17-24,30-33,41H,9-16,25H2,2-7H3. The normalized spacial score (nSPS) is 24.3. The fourth-order valence-electron chi connectivity index (χ4n) is 5.68. The second-order valence-electron chi connectivity index (χ2n) is 13.7. The van der Waals surface area contributed by atoms with Crippen molar-refractivity contribution in [2.75, 3.05) is 5.75 Å². The van der Waals surface area contributed by atoms with Gasteiger partial charge in [-0.3, -0.25) is 8.37 Å². The van der Waals surface area contributed by atoms with Crippen molar-refractivity contribution in [3.63, 3.8) is 0 Å². The summed E-state index contributed by atoms with van der Waals surface area (Å²) in [5.41, 5.74) is 2.65. The number of hydrogen-bond acceptors (Lipinski definition) is 5. The molecule has 2 aliphatic carbocycles. The second kappa shape index (κ2) is 13.3. The molecule has 0 radical (unpaired) electrons. The number of hydrogen-bond donors (Lipinski definition) is 1. The molecule has 4 atom stereocenters. The van der Waals surface area contributed by atoms with Gasteiger partial charge in [-0.1, -0.05) is 84.6 Å². The van der Waals surface area contributed by atoms with Gasteiger partial charge in [-0.25, -0.2) is 4.21 Å². The third-order valence-corrected chi connectivity index (χ3v) is 9.93. The van der Waals surface area contributed by atoms with Gasteiger partial charge in [0.05, 0.1) is 10.5 Å². The molecule has 2 aliphatic rings. The lowest BCUT2D eigenvalue weighted by molar-refractivity contribution is -0.00854. The lowest BCUT2D eigenvalue weighted by Crippen LogP contribution is -2.45. The Bertz CT molecular complexity index is 1110. The molecule has 0 N–H and O–H groups in total. The van der Waals surface area contributed by atoms with E-state index in [2.05, 4.69) is 71.7 Å². The minimum absolute atomic E-state index is 0.0694. The zero-order valence-electron chi connectivity index (χ0n) is 25.9. The minimum atomic E-state index is -3.60. The zero-order valence-corrected chi connectivity index (χ0v) is 26.8. The average molecular weight is 583 g/mol. The number of benzene rings is 2. The SMILES string of the molecule is C#CC[SH](=O)(OC1CCCCC1Oc1ccc(C(C)(C)C)cc1)OC1CCCCC1Oc1ccc(C(C)(C)C)cc1. The Morgan fingerprint density at radius 3 is 1.32 bits per heavy atom. The van der Waals surface area contributed by atoms with Gasteiger partial charge in [0, 0.05) is 0 Å². The van der Waals surface area contributed by atoms with Crippen molar-refractivity contribution < 1.29 is 22.0 Å². The van der Waals surface area contributed by atoms with Gasteiger partial charge < -0.3 is 9.47 Å². The molecule has 5 nitrogen and oxygen atoms in total. The zero-order chi connectivity index (χ0) is 29.7. The summed E-state index contributed by atoms with van der Waals surface area (Å²) in [5, 5.41) is 0. The lowest BCUT2D eigenvalue weighted by Gasteiger charge is -2.39. The van der Waals surface area contributed by atoms with Gasteiger partial charge in [0.1, 0.15) is 41.7 Å². The molecule has 0 amide bonds. The molecule has 0 aliphatic heterocycles. The van der Waals surface area contributed by atoms with Crippen LogP contribution in [0.15, 0.2) is 48.5 Å². The summed E-state index contributed by atoms with van der Waals surface area (Å²) in [4.78, 5) is 0. The fraction of sp³-hybridized carbons (Fsp3) is 0.600. The average Bonchev–Trinajstić information content (AvgIpc) is 2.91. The van der Waals surface area contributed by atoms with Gasteiger partial charge in [-0.05, 0) is 84.7 Å². The van der Waals surface area contributed by atoms with Crippen molar-refractivity contribution in [1.29, 1.82) is 0 Å². The van der Waals surface area contributed by atoms with Crippen molar-refractivity contribution in [2.45, 2.75) is 128 Å². The molecular weight excluding hydrogens is 532 g/mol. The molecule has 6 heteroatoms. The van der Waals surface area contributed by atoms with Gasteiger partial charge in [0.25, 0.3) is 0 Å². The highest BCUT2D eigenvalue weighted by molar-refractivity contribution is 7.94. The molecule has 0 spiro atoms. The van der Waals surface area contributed by atoms with Crippen LogP contribution in [0.4, 0.5) is 0 Å². The van der Waals surface area contributed by atoms with E-state index < -0.39 is 10.5 Å². The second-order valence-corrected chi connectivity index (χ2v) is 15.7. The van der Waals surface area contributed by atoms with Crippen LogP contribution >= 0.6 is 0 Å². The van der Waals surface area contributed by atoms with Crippen LogP contribution < -0.4 is 9.47 Å². The quantitative estimate of drug-likeness (QED) is 0.241. The maximum Gasteiger partial charge on any atom is 0.126 e. The van der Waals surface area contributed by atoms with Crippen molar-refractivity contribution in [1.82, 2.24) is 0 Å². The first-order valence-corrected chi connectivity index (χ1v) is 17.0. The highest BCUT2D eigenvalue weighted by Gasteiger charge is 2.37. The lowest BCUT2D eigenvalue weighted by atomic mass is 9.87. The summed E-state index contributed by atoms with van der Waals surface area (Å²) >= 11 is 0. The molecule has 226 valence electrons. The van der Waals surface area contributed by atoms with Crippen molar-refractivity contribution in [3.8, 4) is 23.8 Å². The summed E-state index contributed by atoms with van der Waals surface area (Å²) in [6.07, 6.45) is 11.8. The maximum atomic E-state index is 14.2. The van der Waals surface area contributed by atoms with Crippen LogP contribution in [0.25, 0.3) is 0 Å². The molecule has 4 unspecified atom stereocenters. The molecule has 0 aromatic heterocycles. The molecule has 2 aromatic carbocycles. The van der Waals surface area contributed by atoms with Gasteiger partial charge >= 0.3 is 0 Å². The first-order chi connectivity index (χ1) is 19.4. The smallest absolute Gasteiger partial charge is 0.126 e. The van der Waals surface area contributed by atoms with Crippen LogP contribution in [0.5, 0.6) is 11.5 Å². The van der Waals surface area contributed by atoms with Crippen molar-refractivity contribution in [3.05, 3.63) is 59.7 Å². The van der Waals surface area contributed by atoms with E-state index in [4.69, 9.17) is 24.3 Å². The molecule has 2 aromatic rings. The van der Waals surface area contributed by atoms with E-state index in [1.165, 1.54) is 11.1 Å². The third kappa shape index (κ3) is 8.83. The van der Waals surface area contributed by atoms with E-state index >= 15 is 0 Å². The Kier molecular flexibility index (Phi) is 10.3. The summed E-state index contributed by atoms with van der Waals surface area (Å²) in [5.74, 6) is 4.08. The highest BCUT2D eigenvalue weighted by atomic mass is 32.3. The Morgan fingerprint density at radius 2 is 1.00 bits per heavy atom. The summed E-state index contributed by atoms with van der Waals surface area (Å²) < 4.78 is 39.7. The van der Waals surface area contributed by atoms with Crippen LogP contribution in [0.2, 0.25) is 0 Å². The van der Waals surface area contributed by atoms with Crippen LogP contribution in [0.3, 0.4) is 0 Å². The predicted octanol–water partition coefficient (Wildman–Crippen LogP) is 7.87. The molecule has 41 heavy (non-hydrogen) atoms. The fourth-order valence-corrected chi connectivity index (χ4v) is 7.41. The van der Waals surface area contributed by atoms with Gasteiger partial charge in [-0.15, -0.1) is 6.42 Å². The van der Waals surface area contributed by atoms with Gasteiger partial charge in [-0.2, -0.15) is 0 Å². The third-order valence-electron chi connectivity index (χ3n) is 8.18. The molecule has 2 fully saturated rings. The maximum absolute atomic E-state index is 14.2. The Balaban J connectivity index is 1.44. The van der Waals surface area contributed by atoms with Crippen LogP contribution in [-0.4, -0.2) is 34.4 Å². The number of ether oxygens (including phenoxy) is 2. The summed E-state index contributed by atoms with van der Waals surface area (Å²) in [7, 11) is -3.60. The van der Waals surface area contributed by atoms with Gasteiger partial charge in [0.2, 0.25) is 0 Å². The molecule has 0 heterocycles. The Morgan fingerprint density at radius 1 is 0.659 bits per heavy atom. The van der Waals surface area contributed by atoms with Crippen molar-refractivity contribution >= 4 is 10.5 Å². The Labute approximate surface area is 249 Å². The monoisotopic (exact) mass is 582 g/mol. The number of rotatable bonds is 9. The van der Waals surface area contributed by atoms with E-state index in [9.17, 15) is 4.21 Å². The first-order valence-electron chi connectivity index (χ1n) is 15.3. The van der Waals surface area contributed by atoms with E-state index in [-0.39, 0.29) is 41.0 Å². The molecule has 0 bridgehead atoms. The highest BCUT2D eigenvalue weighted by Crippen LogP contribution is 2.34. The Hall–Kier alpha value is -2.33. The van der Waals surface area contributed by atoms with E-state index in [0.717, 1.165) is 62.9 Å². The van der Waals surface area contributed by atoms with Crippen LogP contribution in [-0.2, 0) is 29.7 Å². The summed E-state index contributed by atoms with van der Waals surface area (Å²) in [6.45, 7) is 13.2. The van der Waals surface area contributed by atoms with E-state index in [0.29, 0.717) is 0 Å². The topological polar surface area (TPSA) is 54.0 Å². The first kappa shape index (κ1) is 31.6. The van der Waals surface area contributed by atoms with Gasteiger partial charge in [0.15, 0.2) is 0 Å². The van der Waals surface area contributed by atoms with E-state index in [1.54, 1.807) is 0 Å². The summed E-state index contributed by atoms with van der Waals surface area (Å²) in [6, 6.07) is 16.5. The van der Waals surface area contributed by atoms with Crippen molar-refractivity contribution in [2.24, 2.45) is 0 Å². The molecular formula is C35H50O5S. The largest absolute Gasteiger partial charge is 0.488 e. The van der Waals surface area contributed by atoms with Crippen LogP contribution in [0.1, 0.15) is 104 Å². The van der Waals surface area contributed by atoms with E-state index in [1.807, 2.05) is 24.3 Å². The molecule has 2 saturated carbocycles. The van der Waals surface area contributed by atoms with Crippen LogP contribution in [0, 0.1) is 12.3 Å². The number of thiol groups is 1.